The second-order valence-electron chi connectivity index (χ2n) is 5.52. The minimum absolute atomic E-state index is 0.147. The number of rotatable bonds is 4. The number of hydrogen-bond acceptors (Lipinski definition) is 6. The molecular weight excluding hydrogens is 348 g/mol. The summed E-state index contributed by atoms with van der Waals surface area (Å²) in [6.45, 7) is 0. The number of methoxy groups -OCH3 is 1. The molecule has 0 saturated carbocycles. The van der Waals surface area contributed by atoms with Gasteiger partial charge in [0.2, 0.25) is 5.12 Å². The molecule has 26 heavy (non-hydrogen) atoms. The fourth-order valence-corrected chi connectivity index (χ4v) is 3.24. The number of thioether (sulfide) groups is 1. The molecular formula is C20H14N2O3S. The van der Waals surface area contributed by atoms with Crippen molar-refractivity contribution >= 4 is 27.6 Å². The van der Waals surface area contributed by atoms with Crippen LogP contribution in [-0.4, -0.2) is 22.4 Å². The molecule has 0 spiro atoms. The lowest BCUT2D eigenvalue weighted by Gasteiger charge is -2.03. The van der Waals surface area contributed by atoms with Crippen molar-refractivity contribution in [3.8, 4) is 17.2 Å². The number of benzene rings is 3. The van der Waals surface area contributed by atoms with E-state index in [-0.39, 0.29) is 10.3 Å². The van der Waals surface area contributed by atoms with E-state index < -0.39 is 0 Å². The third-order valence-corrected chi connectivity index (χ3v) is 4.67. The van der Waals surface area contributed by atoms with Gasteiger partial charge < -0.3 is 9.15 Å². The number of aromatic nitrogens is 2. The molecule has 1 heterocycles. The molecule has 0 amide bonds. The SMILES string of the molecule is COc1ccccc1-c1nnc(SC(=O)c2ccc3ccccc3c2)o1. The van der Waals surface area contributed by atoms with Crippen molar-refractivity contribution in [3.05, 3.63) is 72.3 Å². The minimum Gasteiger partial charge on any atom is -0.496 e. The van der Waals surface area contributed by atoms with E-state index in [1.54, 1.807) is 13.2 Å². The molecule has 6 heteroatoms. The maximum Gasteiger partial charge on any atom is 0.284 e. The van der Waals surface area contributed by atoms with Crippen LogP contribution in [0.3, 0.4) is 0 Å². The summed E-state index contributed by atoms with van der Waals surface area (Å²) in [6.07, 6.45) is 0. The smallest absolute Gasteiger partial charge is 0.284 e. The van der Waals surface area contributed by atoms with Crippen LogP contribution in [0.25, 0.3) is 22.2 Å². The predicted octanol–water partition coefficient (Wildman–Crippen LogP) is 4.83. The maximum atomic E-state index is 12.5. The van der Waals surface area contributed by atoms with Gasteiger partial charge in [0.1, 0.15) is 5.75 Å². The second kappa shape index (κ2) is 7.01. The molecule has 0 atom stereocenters. The van der Waals surface area contributed by atoms with Crippen LogP contribution in [0.5, 0.6) is 5.75 Å². The Kier molecular flexibility index (Phi) is 4.41. The molecule has 4 rings (SSSR count). The number of hydrogen-bond donors (Lipinski definition) is 0. The summed E-state index contributed by atoms with van der Waals surface area (Å²) >= 11 is 0.914. The van der Waals surface area contributed by atoms with Crippen LogP contribution in [-0.2, 0) is 0 Å². The Morgan fingerprint density at radius 1 is 0.962 bits per heavy atom. The first-order chi connectivity index (χ1) is 12.7. The minimum atomic E-state index is -0.147. The zero-order valence-corrected chi connectivity index (χ0v) is 14.7. The molecule has 0 N–H and O–H groups in total. The molecule has 0 aliphatic heterocycles. The average Bonchev–Trinajstić information content (AvgIpc) is 3.15. The summed E-state index contributed by atoms with van der Waals surface area (Å²) in [4.78, 5) is 12.5. The largest absolute Gasteiger partial charge is 0.496 e. The van der Waals surface area contributed by atoms with Gasteiger partial charge in [-0.2, -0.15) is 0 Å². The Morgan fingerprint density at radius 3 is 2.58 bits per heavy atom. The molecule has 5 nitrogen and oxygen atoms in total. The highest BCUT2D eigenvalue weighted by atomic mass is 32.2. The number of ether oxygens (including phenoxy) is 1. The van der Waals surface area contributed by atoms with E-state index in [1.807, 2.05) is 60.7 Å². The molecule has 0 saturated heterocycles. The first-order valence-electron chi connectivity index (χ1n) is 7.92. The third-order valence-electron chi connectivity index (χ3n) is 3.91. The number of para-hydroxylation sites is 1. The van der Waals surface area contributed by atoms with Crippen molar-refractivity contribution in [3.63, 3.8) is 0 Å². The molecule has 0 aliphatic rings. The average molecular weight is 362 g/mol. The molecule has 0 fully saturated rings. The molecule has 3 aromatic carbocycles. The molecule has 0 unspecified atom stereocenters. The summed E-state index contributed by atoms with van der Waals surface area (Å²) in [6, 6.07) is 20.8. The highest BCUT2D eigenvalue weighted by Crippen LogP contribution is 2.31. The third kappa shape index (κ3) is 3.19. The van der Waals surface area contributed by atoms with Gasteiger partial charge in [0, 0.05) is 17.3 Å². The quantitative estimate of drug-likeness (QED) is 0.485. The van der Waals surface area contributed by atoms with Gasteiger partial charge >= 0.3 is 0 Å². The monoisotopic (exact) mass is 362 g/mol. The second-order valence-corrected chi connectivity index (χ2v) is 6.45. The summed E-state index contributed by atoms with van der Waals surface area (Å²) in [5.41, 5.74) is 1.28. The topological polar surface area (TPSA) is 65.2 Å². The van der Waals surface area contributed by atoms with Gasteiger partial charge in [0.05, 0.1) is 12.7 Å². The highest BCUT2D eigenvalue weighted by Gasteiger charge is 2.17. The first kappa shape index (κ1) is 16.4. The first-order valence-corrected chi connectivity index (χ1v) is 8.74. The van der Waals surface area contributed by atoms with Crippen LogP contribution < -0.4 is 4.74 Å². The Morgan fingerprint density at radius 2 is 1.73 bits per heavy atom. The van der Waals surface area contributed by atoms with Crippen molar-refractivity contribution in [2.24, 2.45) is 0 Å². The van der Waals surface area contributed by atoms with Crippen molar-refractivity contribution in [1.82, 2.24) is 10.2 Å². The van der Waals surface area contributed by atoms with Crippen LogP contribution >= 0.6 is 11.8 Å². The summed E-state index contributed by atoms with van der Waals surface area (Å²) in [7, 11) is 1.58. The van der Waals surface area contributed by atoms with Crippen molar-refractivity contribution < 1.29 is 13.9 Å². The highest BCUT2D eigenvalue weighted by molar-refractivity contribution is 8.14. The van der Waals surface area contributed by atoms with E-state index in [4.69, 9.17) is 9.15 Å². The van der Waals surface area contributed by atoms with E-state index in [0.29, 0.717) is 22.8 Å². The van der Waals surface area contributed by atoms with Gasteiger partial charge in [0.15, 0.2) is 0 Å². The van der Waals surface area contributed by atoms with Gasteiger partial charge in [-0.25, -0.2) is 0 Å². The molecule has 0 radical (unpaired) electrons. The number of nitrogens with zero attached hydrogens (tertiary/aromatic N) is 2. The summed E-state index contributed by atoms with van der Waals surface area (Å²) in [5.74, 6) is 0.949. The molecule has 1 aromatic heterocycles. The van der Waals surface area contributed by atoms with Crippen LogP contribution in [0.1, 0.15) is 10.4 Å². The van der Waals surface area contributed by atoms with Gasteiger partial charge in [-0.15, -0.1) is 10.2 Å². The van der Waals surface area contributed by atoms with E-state index in [0.717, 1.165) is 22.5 Å². The Bertz CT molecular complexity index is 1090. The fourth-order valence-electron chi connectivity index (χ4n) is 2.64. The van der Waals surface area contributed by atoms with E-state index in [1.165, 1.54) is 0 Å². The Labute approximate surface area is 154 Å². The van der Waals surface area contributed by atoms with E-state index >= 15 is 0 Å². The van der Waals surface area contributed by atoms with E-state index in [2.05, 4.69) is 10.2 Å². The lowest BCUT2D eigenvalue weighted by Crippen LogP contribution is -1.93. The summed E-state index contributed by atoms with van der Waals surface area (Å²) in [5, 5.41) is 10.1. The zero-order valence-electron chi connectivity index (χ0n) is 13.9. The number of carbonyl (C=O) groups is 1. The number of carbonyl (C=O) groups excluding carboxylic acids is 1. The van der Waals surface area contributed by atoms with Gasteiger partial charge in [-0.05, 0) is 35.0 Å². The van der Waals surface area contributed by atoms with Crippen LogP contribution in [0.4, 0.5) is 0 Å². The van der Waals surface area contributed by atoms with Crippen molar-refractivity contribution in [2.75, 3.05) is 7.11 Å². The number of fused-ring (bicyclic) bond motifs is 1. The predicted molar refractivity (Wildman–Crippen MR) is 100 cm³/mol. The van der Waals surface area contributed by atoms with Crippen LogP contribution in [0.15, 0.2) is 76.4 Å². The molecule has 0 bridgehead atoms. The molecule has 4 aromatic rings. The standard InChI is InChI=1S/C20H14N2O3S/c1-24-17-9-5-4-8-16(17)18-21-22-20(25-18)26-19(23)15-11-10-13-6-2-3-7-14(13)12-15/h2-12H,1H3. The van der Waals surface area contributed by atoms with Crippen molar-refractivity contribution in [1.29, 1.82) is 0 Å². The van der Waals surface area contributed by atoms with Gasteiger partial charge in [-0.1, -0.05) is 42.5 Å². The molecule has 0 aliphatic carbocycles. The van der Waals surface area contributed by atoms with Crippen LogP contribution in [0.2, 0.25) is 0 Å². The van der Waals surface area contributed by atoms with Crippen molar-refractivity contribution in [2.45, 2.75) is 5.22 Å². The van der Waals surface area contributed by atoms with Gasteiger partial charge in [-0.3, -0.25) is 4.79 Å². The normalized spacial score (nSPS) is 10.8. The van der Waals surface area contributed by atoms with Crippen LogP contribution in [0, 0.1) is 0 Å². The lowest BCUT2D eigenvalue weighted by atomic mass is 10.1. The summed E-state index contributed by atoms with van der Waals surface area (Å²) < 4.78 is 10.9. The lowest BCUT2D eigenvalue weighted by molar-refractivity contribution is 0.108. The van der Waals surface area contributed by atoms with Gasteiger partial charge in [0.25, 0.3) is 11.1 Å². The zero-order chi connectivity index (χ0) is 17.9. The Hall–Kier alpha value is -3.12. The molecule has 128 valence electrons. The maximum absolute atomic E-state index is 12.5. The fraction of sp³-hybridized carbons (Fsp3) is 0.0500. The Balaban J connectivity index is 1.57. The van der Waals surface area contributed by atoms with E-state index in [9.17, 15) is 4.79 Å².